The van der Waals surface area contributed by atoms with Crippen molar-refractivity contribution in [1.29, 1.82) is 0 Å². The van der Waals surface area contributed by atoms with E-state index in [0.717, 1.165) is 22.4 Å². The van der Waals surface area contributed by atoms with Crippen molar-refractivity contribution in [3.8, 4) is 11.5 Å². The Labute approximate surface area is 163 Å². The summed E-state index contributed by atoms with van der Waals surface area (Å²) in [5, 5.41) is 14.8. The molecule has 28 heavy (non-hydrogen) atoms. The Bertz CT molecular complexity index is 942. The number of methoxy groups -OCH3 is 2. The second kappa shape index (κ2) is 8.00. The Kier molecular flexibility index (Phi) is 5.27. The molecular formula is C21H23N3O4. The molecule has 1 N–H and O–H groups in total. The fourth-order valence-electron chi connectivity index (χ4n) is 3.66. The van der Waals surface area contributed by atoms with Crippen LogP contribution in [0.5, 0.6) is 11.5 Å². The van der Waals surface area contributed by atoms with Gasteiger partial charge in [0.25, 0.3) is 0 Å². The van der Waals surface area contributed by atoms with Crippen LogP contribution in [0.4, 0.5) is 0 Å². The second-order valence-corrected chi connectivity index (χ2v) is 6.81. The van der Waals surface area contributed by atoms with Gasteiger partial charge in [0, 0.05) is 30.6 Å². The van der Waals surface area contributed by atoms with Gasteiger partial charge in [0.05, 0.1) is 26.9 Å². The largest absolute Gasteiger partial charge is 0.496 e. The minimum atomic E-state index is -0.680. The first-order chi connectivity index (χ1) is 13.7. The number of aliphatic hydroxyl groups is 1. The number of ether oxygens (including phenoxy) is 2. The van der Waals surface area contributed by atoms with Gasteiger partial charge in [0.15, 0.2) is 5.82 Å². The number of hydrogen-bond acceptors (Lipinski definition) is 7. The van der Waals surface area contributed by atoms with E-state index in [1.165, 1.54) is 0 Å². The van der Waals surface area contributed by atoms with E-state index in [-0.39, 0.29) is 0 Å². The lowest BCUT2D eigenvalue weighted by Crippen LogP contribution is -2.33. The number of aliphatic hydroxyl groups excluding tert-OH is 1. The van der Waals surface area contributed by atoms with Crippen LogP contribution < -0.4 is 9.47 Å². The van der Waals surface area contributed by atoms with E-state index in [0.29, 0.717) is 43.5 Å². The molecule has 0 unspecified atom stereocenters. The first-order valence-corrected chi connectivity index (χ1v) is 9.17. The summed E-state index contributed by atoms with van der Waals surface area (Å²) in [4.78, 5) is 6.56. The standard InChI is InChI=1S/C21H23N3O4/c1-26-17-8-9-18(27-2)21-15(17)11-24(12-16(21)25)13-20-22-19(23-28-20)10-14-6-4-3-5-7-14/h3-9,16,25H,10-13H2,1-2H3/t16-/m1/s1. The van der Waals surface area contributed by atoms with Crippen LogP contribution in [0.2, 0.25) is 0 Å². The molecule has 1 aliphatic rings. The normalized spacial score (nSPS) is 16.6. The van der Waals surface area contributed by atoms with Gasteiger partial charge in [0.1, 0.15) is 11.5 Å². The average Bonchev–Trinajstić information content (AvgIpc) is 3.14. The molecule has 1 aromatic heterocycles. The SMILES string of the molecule is COc1ccc(OC)c2c1CN(Cc1nc(Cc3ccccc3)no1)C[C@H]2O. The highest BCUT2D eigenvalue weighted by Gasteiger charge is 2.30. The first kappa shape index (κ1) is 18.5. The summed E-state index contributed by atoms with van der Waals surface area (Å²) in [6, 6.07) is 13.7. The van der Waals surface area contributed by atoms with E-state index in [1.54, 1.807) is 14.2 Å². The van der Waals surface area contributed by atoms with Crippen LogP contribution in [0, 0.1) is 0 Å². The summed E-state index contributed by atoms with van der Waals surface area (Å²) in [7, 11) is 3.23. The molecule has 146 valence electrons. The quantitative estimate of drug-likeness (QED) is 0.703. The van der Waals surface area contributed by atoms with Gasteiger partial charge in [0.2, 0.25) is 5.89 Å². The van der Waals surface area contributed by atoms with Crippen molar-refractivity contribution < 1.29 is 19.1 Å². The predicted molar refractivity (Wildman–Crippen MR) is 102 cm³/mol. The summed E-state index contributed by atoms with van der Waals surface area (Å²) in [6.45, 7) is 1.51. The third-order valence-corrected chi connectivity index (χ3v) is 4.93. The average molecular weight is 381 g/mol. The molecule has 0 radical (unpaired) electrons. The second-order valence-electron chi connectivity index (χ2n) is 6.81. The summed E-state index contributed by atoms with van der Waals surface area (Å²) in [5.74, 6) is 2.59. The van der Waals surface area contributed by atoms with Crippen molar-refractivity contribution >= 4 is 0 Å². The minimum Gasteiger partial charge on any atom is -0.496 e. The summed E-state index contributed by atoms with van der Waals surface area (Å²) >= 11 is 0. The van der Waals surface area contributed by atoms with Crippen LogP contribution in [0.3, 0.4) is 0 Å². The van der Waals surface area contributed by atoms with Crippen molar-refractivity contribution in [3.63, 3.8) is 0 Å². The van der Waals surface area contributed by atoms with Crippen LogP contribution in [0.1, 0.15) is 34.5 Å². The Hall–Kier alpha value is -2.90. The smallest absolute Gasteiger partial charge is 0.240 e. The van der Waals surface area contributed by atoms with Gasteiger partial charge in [-0.25, -0.2) is 0 Å². The monoisotopic (exact) mass is 381 g/mol. The molecule has 0 saturated heterocycles. The maximum absolute atomic E-state index is 10.7. The van der Waals surface area contributed by atoms with E-state index in [4.69, 9.17) is 14.0 Å². The van der Waals surface area contributed by atoms with Crippen molar-refractivity contribution in [3.05, 3.63) is 70.9 Å². The maximum Gasteiger partial charge on any atom is 0.240 e. The summed E-state index contributed by atoms with van der Waals surface area (Å²) in [6.07, 6.45) is -0.0543. The molecule has 1 aliphatic heterocycles. The highest BCUT2D eigenvalue weighted by molar-refractivity contribution is 5.51. The third kappa shape index (κ3) is 3.72. The van der Waals surface area contributed by atoms with Crippen molar-refractivity contribution in [2.24, 2.45) is 0 Å². The van der Waals surface area contributed by atoms with E-state index < -0.39 is 6.10 Å². The van der Waals surface area contributed by atoms with E-state index >= 15 is 0 Å². The van der Waals surface area contributed by atoms with Crippen LogP contribution >= 0.6 is 0 Å². The van der Waals surface area contributed by atoms with Crippen LogP contribution in [0.15, 0.2) is 47.0 Å². The zero-order valence-electron chi connectivity index (χ0n) is 16.0. The first-order valence-electron chi connectivity index (χ1n) is 9.17. The Balaban J connectivity index is 1.50. The maximum atomic E-state index is 10.7. The Morgan fingerprint density at radius 1 is 1.11 bits per heavy atom. The van der Waals surface area contributed by atoms with Crippen molar-refractivity contribution in [2.75, 3.05) is 20.8 Å². The molecule has 0 fully saturated rings. The van der Waals surface area contributed by atoms with Gasteiger partial charge in [-0.15, -0.1) is 0 Å². The number of benzene rings is 2. The molecule has 0 saturated carbocycles. The molecule has 0 spiro atoms. The van der Waals surface area contributed by atoms with Crippen LogP contribution in [-0.4, -0.2) is 40.9 Å². The molecule has 4 rings (SSSR count). The highest BCUT2D eigenvalue weighted by atomic mass is 16.5. The number of β-amino-alcohol motifs (C(OH)–C–C–N with tert-alkyl or cyclic N) is 1. The minimum absolute atomic E-state index is 0.451. The Morgan fingerprint density at radius 3 is 2.61 bits per heavy atom. The molecule has 0 amide bonds. The highest BCUT2D eigenvalue weighted by Crippen LogP contribution is 2.39. The molecule has 0 bridgehead atoms. The topological polar surface area (TPSA) is 80.9 Å². The molecule has 7 nitrogen and oxygen atoms in total. The van der Waals surface area contributed by atoms with Gasteiger partial charge in [-0.1, -0.05) is 35.5 Å². The molecule has 0 aliphatic carbocycles. The van der Waals surface area contributed by atoms with Gasteiger partial charge in [-0.2, -0.15) is 4.98 Å². The molecule has 3 aromatic rings. The lowest BCUT2D eigenvalue weighted by Gasteiger charge is -2.33. The zero-order valence-corrected chi connectivity index (χ0v) is 16.0. The molecule has 2 aromatic carbocycles. The lowest BCUT2D eigenvalue weighted by molar-refractivity contribution is 0.0779. The van der Waals surface area contributed by atoms with Gasteiger partial charge in [-0.05, 0) is 17.7 Å². The Morgan fingerprint density at radius 2 is 1.86 bits per heavy atom. The molecule has 2 heterocycles. The predicted octanol–water partition coefficient (Wildman–Crippen LogP) is 2.73. The van der Waals surface area contributed by atoms with Crippen LogP contribution in [-0.2, 0) is 19.5 Å². The molecule has 7 heteroatoms. The van der Waals surface area contributed by atoms with Crippen molar-refractivity contribution in [2.45, 2.75) is 25.6 Å². The van der Waals surface area contributed by atoms with E-state index in [2.05, 4.69) is 15.0 Å². The number of nitrogens with zero attached hydrogens (tertiary/aromatic N) is 3. The van der Waals surface area contributed by atoms with Crippen LogP contribution in [0.25, 0.3) is 0 Å². The van der Waals surface area contributed by atoms with E-state index in [1.807, 2.05) is 42.5 Å². The fraction of sp³-hybridized carbons (Fsp3) is 0.333. The number of fused-ring (bicyclic) bond motifs is 1. The van der Waals surface area contributed by atoms with Gasteiger partial charge in [-0.3, -0.25) is 4.90 Å². The lowest BCUT2D eigenvalue weighted by atomic mass is 9.95. The van der Waals surface area contributed by atoms with Gasteiger partial charge < -0.3 is 19.1 Å². The molecular weight excluding hydrogens is 358 g/mol. The molecule has 1 atom stereocenters. The number of hydrogen-bond donors (Lipinski definition) is 1. The summed E-state index contributed by atoms with van der Waals surface area (Å²) in [5.41, 5.74) is 2.84. The van der Waals surface area contributed by atoms with Crippen molar-refractivity contribution in [1.82, 2.24) is 15.0 Å². The van der Waals surface area contributed by atoms with E-state index in [9.17, 15) is 5.11 Å². The number of rotatable bonds is 6. The zero-order chi connectivity index (χ0) is 19.5. The summed E-state index contributed by atoms with van der Waals surface area (Å²) < 4.78 is 16.3. The third-order valence-electron chi connectivity index (χ3n) is 4.93. The van der Waals surface area contributed by atoms with Gasteiger partial charge >= 0.3 is 0 Å². The fourth-order valence-corrected chi connectivity index (χ4v) is 3.66. The number of aromatic nitrogens is 2.